The lowest BCUT2D eigenvalue weighted by molar-refractivity contribution is -0.00515. The van der Waals surface area contributed by atoms with Crippen LogP contribution in [0.4, 0.5) is 11.4 Å². The van der Waals surface area contributed by atoms with Crippen molar-refractivity contribution in [1.29, 1.82) is 0 Å². The third-order valence-corrected chi connectivity index (χ3v) is 5.74. The largest absolute Gasteiger partial charge is 0.397 e. The fourth-order valence-corrected chi connectivity index (χ4v) is 5.37. The molecule has 0 saturated heterocycles. The maximum Gasteiger partial charge on any atom is 0.0550 e. The molecule has 0 aliphatic heterocycles. The average molecular weight is 242 g/mol. The third kappa shape index (κ3) is 1.41. The van der Waals surface area contributed by atoms with E-state index in [2.05, 4.69) is 12.1 Å². The van der Waals surface area contributed by atoms with Gasteiger partial charge in [-0.25, -0.2) is 0 Å². The zero-order valence-electron chi connectivity index (χ0n) is 10.9. The average Bonchev–Trinajstić information content (AvgIpc) is 2.31. The topological polar surface area (TPSA) is 52.0 Å². The first-order valence-corrected chi connectivity index (χ1v) is 7.30. The molecule has 4 aliphatic rings. The summed E-state index contributed by atoms with van der Waals surface area (Å²) in [6.45, 7) is 0. The summed E-state index contributed by atoms with van der Waals surface area (Å²) in [5, 5.41) is 0. The summed E-state index contributed by atoms with van der Waals surface area (Å²) in [5.41, 5.74) is 15.3. The SMILES string of the molecule is Nc1ccc(C23CC4CC(CC(C4)C2)C3)cc1N. The normalized spacial score (nSPS) is 41.2. The lowest BCUT2D eigenvalue weighted by atomic mass is 9.48. The molecule has 96 valence electrons. The number of benzene rings is 1. The standard InChI is InChI=1S/C16H22N2/c17-14-2-1-13(6-15(14)18)16-7-10-3-11(8-16)5-12(4-10)9-16/h1-2,6,10-12H,3-5,7-9,17-18H2. The second kappa shape index (κ2) is 3.43. The van der Waals surface area contributed by atoms with Crippen molar-refractivity contribution in [3.05, 3.63) is 23.8 Å². The quantitative estimate of drug-likeness (QED) is 0.742. The molecule has 4 N–H and O–H groups in total. The highest BCUT2D eigenvalue weighted by molar-refractivity contribution is 5.64. The Bertz CT molecular complexity index is 457. The number of rotatable bonds is 1. The summed E-state index contributed by atoms with van der Waals surface area (Å²) in [7, 11) is 0. The predicted octanol–water partition coefficient (Wildman–Crippen LogP) is 3.32. The Hall–Kier alpha value is -1.18. The zero-order valence-corrected chi connectivity index (χ0v) is 10.9. The van der Waals surface area contributed by atoms with Crippen LogP contribution in [-0.2, 0) is 5.41 Å². The molecule has 0 spiro atoms. The van der Waals surface area contributed by atoms with Crippen molar-refractivity contribution < 1.29 is 0 Å². The van der Waals surface area contributed by atoms with Gasteiger partial charge in [0.1, 0.15) is 0 Å². The van der Waals surface area contributed by atoms with Gasteiger partial charge in [-0.15, -0.1) is 0 Å². The van der Waals surface area contributed by atoms with Gasteiger partial charge < -0.3 is 11.5 Å². The minimum atomic E-state index is 0.441. The van der Waals surface area contributed by atoms with Crippen molar-refractivity contribution >= 4 is 11.4 Å². The maximum atomic E-state index is 6.01. The number of nitrogens with two attached hydrogens (primary N) is 2. The summed E-state index contributed by atoms with van der Waals surface area (Å²) in [4.78, 5) is 0. The lowest BCUT2D eigenvalue weighted by Gasteiger charge is -2.57. The predicted molar refractivity (Wildman–Crippen MR) is 75.1 cm³/mol. The first-order valence-electron chi connectivity index (χ1n) is 7.30. The van der Waals surface area contributed by atoms with Gasteiger partial charge in [0.15, 0.2) is 0 Å². The molecule has 4 aliphatic carbocycles. The molecule has 0 radical (unpaired) electrons. The molecule has 1 aromatic carbocycles. The molecule has 0 heterocycles. The van der Waals surface area contributed by atoms with Crippen LogP contribution in [-0.4, -0.2) is 0 Å². The van der Waals surface area contributed by atoms with Crippen LogP contribution in [0.1, 0.15) is 44.1 Å². The molecule has 2 heteroatoms. The highest BCUT2D eigenvalue weighted by atomic mass is 14.7. The number of nitrogen functional groups attached to an aromatic ring is 2. The highest BCUT2D eigenvalue weighted by Gasteiger charge is 2.51. The van der Waals surface area contributed by atoms with E-state index in [1.807, 2.05) is 6.07 Å². The molecule has 5 rings (SSSR count). The monoisotopic (exact) mass is 242 g/mol. The molecule has 4 fully saturated rings. The van der Waals surface area contributed by atoms with Crippen molar-refractivity contribution in [2.75, 3.05) is 11.5 Å². The van der Waals surface area contributed by atoms with Gasteiger partial charge in [0.05, 0.1) is 11.4 Å². The second-order valence-electron chi connectivity index (χ2n) is 7.04. The van der Waals surface area contributed by atoms with E-state index in [1.165, 1.54) is 44.1 Å². The Kier molecular flexibility index (Phi) is 2.04. The van der Waals surface area contributed by atoms with Gasteiger partial charge in [-0.1, -0.05) is 6.07 Å². The smallest absolute Gasteiger partial charge is 0.0550 e. The van der Waals surface area contributed by atoms with Crippen LogP contribution < -0.4 is 11.5 Å². The van der Waals surface area contributed by atoms with E-state index in [-0.39, 0.29) is 0 Å². The summed E-state index contributed by atoms with van der Waals surface area (Å²) in [6.07, 6.45) is 8.64. The van der Waals surface area contributed by atoms with Gasteiger partial charge in [0.25, 0.3) is 0 Å². The minimum Gasteiger partial charge on any atom is -0.397 e. The Balaban J connectivity index is 1.76. The molecule has 4 saturated carbocycles. The Morgan fingerprint density at radius 3 is 1.89 bits per heavy atom. The highest BCUT2D eigenvalue weighted by Crippen LogP contribution is 2.60. The van der Waals surface area contributed by atoms with Crippen LogP contribution >= 0.6 is 0 Å². The fraction of sp³-hybridized carbons (Fsp3) is 0.625. The van der Waals surface area contributed by atoms with E-state index in [0.29, 0.717) is 5.41 Å². The van der Waals surface area contributed by atoms with Crippen molar-refractivity contribution in [2.24, 2.45) is 17.8 Å². The molecule has 4 bridgehead atoms. The van der Waals surface area contributed by atoms with Crippen LogP contribution in [0.15, 0.2) is 18.2 Å². The molecule has 1 aromatic rings. The van der Waals surface area contributed by atoms with Crippen molar-refractivity contribution in [2.45, 2.75) is 43.9 Å². The lowest BCUT2D eigenvalue weighted by Crippen LogP contribution is -2.48. The molecular formula is C16H22N2. The Morgan fingerprint density at radius 1 is 0.833 bits per heavy atom. The van der Waals surface area contributed by atoms with Gasteiger partial charge >= 0.3 is 0 Å². The Morgan fingerprint density at radius 2 is 1.39 bits per heavy atom. The molecule has 2 nitrogen and oxygen atoms in total. The van der Waals surface area contributed by atoms with E-state index in [4.69, 9.17) is 11.5 Å². The van der Waals surface area contributed by atoms with Crippen LogP contribution in [0.2, 0.25) is 0 Å². The van der Waals surface area contributed by atoms with Gasteiger partial charge in [0.2, 0.25) is 0 Å². The van der Waals surface area contributed by atoms with Crippen molar-refractivity contribution in [1.82, 2.24) is 0 Å². The first kappa shape index (κ1) is 10.7. The van der Waals surface area contributed by atoms with E-state index in [1.54, 1.807) is 0 Å². The fourth-order valence-electron chi connectivity index (χ4n) is 5.37. The van der Waals surface area contributed by atoms with Crippen LogP contribution in [0.3, 0.4) is 0 Å². The van der Waals surface area contributed by atoms with Crippen LogP contribution in [0.25, 0.3) is 0 Å². The number of anilines is 2. The molecule has 0 amide bonds. The van der Waals surface area contributed by atoms with E-state index >= 15 is 0 Å². The summed E-state index contributed by atoms with van der Waals surface area (Å²) >= 11 is 0. The van der Waals surface area contributed by atoms with Crippen LogP contribution in [0, 0.1) is 17.8 Å². The summed E-state index contributed by atoms with van der Waals surface area (Å²) in [5.74, 6) is 2.94. The van der Waals surface area contributed by atoms with Gasteiger partial charge in [0, 0.05) is 0 Å². The first-order chi connectivity index (χ1) is 8.64. The van der Waals surface area contributed by atoms with E-state index in [0.717, 1.165) is 29.1 Å². The second-order valence-corrected chi connectivity index (χ2v) is 7.04. The van der Waals surface area contributed by atoms with E-state index < -0.39 is 0 Å². The van der Waals surface area contributed by atoms with Crippen LogP contribution in [0.5, 0.6) is 0 Å². The number of hydrogen-bond donors (Lipinski definition) is 2. The van der Waals surface area contributed by atoms with Crippen molar-refractivity contribution in [3.63, 3.8) is 0 Å². The number of hydrogen-bond acceptors (Lipinski definition) is 2. The molecule has 0 aromatic heterocycles. The van der Waals surface area contributed by atoms with Gasteiger partial charge in [-0.05, 0) is 79.4 Å². The summed E-state index contributed by atoms with van der Waals surface area (Å²) in [6, 6.07) is 6.39. The summed E-state index contributed by atoms with van der Waals surface area (Å²) < 4.78 is 0. The molecule has 0 atom stereocenters. The molecular weight excluding hydrogens is 220 g/mol. The minimum absolute atomic E-state index is 0.441. The third-order valence-electron chi connectivity index (χ3n) is 5.74. The van der Waals surface area contributed by atoms with E-state index in [9.17, 15) is 0 Å². The van der Waals surface area contributed by atoms with Gasteiger partial charge in [-0.2, -0.15) is 0 Å². The molecule has 18 heavy (non-hydrogen) atoms. The van der Waals surface area contributed by atoms with Gasteiger partial charge in [-0.3, -0.25) is 0 Å². The molecule has 0 unspecified atom stereocenters. The maximum absolute atomic E-state index is 6.01. The Labute approximate surface area is 109 Å². The zero-order chi connectivity index (χ0) is 12.3. The van der Waals surface area contributed by atoms with Crippen molar-refractivity contribution in [3.8, 4) is 0 Å².